The van der Waals surface area contributed by atoms with Crippen LogP contribution in [0.25, 0.3) is 0 Å². The number of rotatable bonds is 2. The van der Waals surface area contributed by atoms with Gasteiger partial charge in [0.15, 0.2) is 0 Å². The van der Waals surface area contributed by atoms with Gasteiger partial charge in [-0.2, -0.15) is 0 Å². The summed E-state index contributed by atoms with van der Waals surface area (Å²) in [7, 11) is 0. The maximum Gasteiger partial charge on any atom is 0.116 e. The highest BCUT2D eigenvalue weighted by atomic mass is 16.5. The molecule has 0 aromatic heterocycles. The SMILES string of the molecule is CCCC1(N)CCCO1. The van der Waals surface area contributed by atoms with Crippen LogP contribution in [0.15, 0.2) is 0 Å². The summed E-state index contributed by atoms with van der Waals surface area (Å²) < 4.78 is 5.36. The fraction of sp³-hybridized carbons (Fsp3) is 1.00. The van der Waals surface area contributed by atoms with Crippen LogP contribution in [-0.2, 0) is 4.74 Å². The Morgan fingerprint density at radius 2 is 2.44 bits per heavy atom. The van der Waals surface area contributed by atoms with Crippen molar-refractivity contribution in [3.05, 3.63) is 0 Å². The van der Waals surface area contributed by atoms with Crippen LogP contribution < -0.4 is 5.73 Å². The minimum atomic E-state index is -0.255. The van der Waals surface area contributed by atoms with E-state index in [4.69, 9.17) is 10.5 Å². The second-order valence-electron chi connectivity index (χ2n) is 2.77. The van der Waals surface area contributed by atoms with Gasteiger partial charge in [0.25, 0.3) is 0 Å². The lowest BCUT2D eigenvalue weighted by molar-refractivity contribution is 0.00211. The summed E-state index contributed by atoms with van der Waals surface area (Å²) in [5.41, 5.74) is 5.59. The largest absolute Gasteiger partial charge is 0.361 e. The lowest BCUT2D eigenvalue weighted by Crippen LogP contribution is -2.38. The second-order valence-corrected chi connectivity index (χ2v) is 2.77. The molecule has 0 aromatic carbocycles. The quantitative estimate of drug-likeness (QED) is 0.609. The maximum absolute atomic E-state index is 5.85. The van der Waals surface area contributed by atoms with Crippen molar-refractivity contribution in [2.24, 2.45) is 5.73 Å². The van der Waals surface area contributed by atoms with E-state index in [0.29, 0.717) is 0 Å². The van der Waals surface area contributed by atoms with E-state index in [0.717, 1.165) is 32.3 Å². The average Bonchev–Trinajstić information content (AvgIpc) is 2.16. The highest BCUT2D eigenvalue weighted by Crippen LogP contribution is 2.24. The van der Waals surface area contributed by atoms with Gasteiger partial charge in [-0.1, -0.05) is 13.3 Å². The third-order valence-electron chi connectivity index (χ3n) is 1.81. The molecule has 0 aromatic rings. The van der Waals surface area contributed by atoms with Crippen molar-refractivity contribution in [1.82, 2.24) is 0 Å². The van der Waals surface area contributed by atoms with E-state index in [-0.39, 0.29) is 5.72 Å². The van der Waals surface area contributed by atoms with Crippen LogP contribution in [0.2, 0.25) is 0 Å². The van der Waals surface area contributed by atoms with E-state index < -0.39 is 0 Å². The molecule has 2 heteroatoms. The van der Waals surface area contributed by atoms with Crippen LogP contribution in [-0.4, -0.2) is 12.3 Å². The molecule has 1 saturated heterocycles. The van der Waals surface area contributed by atoms with E-state index >= 15 is 0 Å². The van der Waals surface area contributed by atoms with Gasteiger partial charge < -0.3 is 10.5 Å². The molecule has 1 atom stereocenters. The van der Waals surface area contributed by atoms with Crippen LogP contribution in [0.3, 0.4) is 0 Å². The molecule has 0 aliphatic carbocycles. The number of nitrogens with two attached hydrogens (primary N) is 1. The van der Waals surface area contributed by atoms with Gasteiger partial charge in [-0.15, -0.1) is 0 Å². The summed E-state index contributed by atoms with van der Waals surface area (Å²) in [6.07, 6.45) is 4.31. The minimum absolute atomic E-state index is 0.255. The Hall–Kier alpha value is -0.0800. The number of ether oxygens (including phenoxy) is 1. The molecule has 0 spiro atoms. The van der Waals surface area contributed by atoms with Gasteiger partial charge in [0.2, 0.25) is 0 Å². The first-order chi connectivity index (χ1) is 4.27. The van der Waals surface area contributed by atoms with Crippen LogP contribution >= 0.6 is 0 Å². The van der Waals surface area contributed by atoms with Crippen molar-refractivity contribution >= 4 is 0 Å². The number of hydrogen-bond donors (Lipinski definition) is 1. The summed E-state index contributed by atoms with van der Waals surface area (Å²) >= 11 is 0. The molecule has 1 unspecified atom stereocenters. The Morgan fingerprint density at radius 3 is 2.89 bits per heavy atom. The molecule has 2 nitrogen and oxygen atoms in total. The number of hydrogen-bond acceptors (Lipinski definition) is 2. The lowest BCUT2D eigenvalue weighted by Gasteiger charge is -2.21. The summed E-state index contributed by atoms with van der Waals surface area (Å²) in [5, 5.41) is 0. The monoisotopic (exact) mass is 129 g/mol. The molecular formula is C7H15NO. The van der Waals surface area contributed by atoms with Crippen molar-refractivity contribution in [1.29, 1.82) is 0 Å². The van der Waals surface area contributed by atoms with Crippen molar-refractivity contribution in [3.63, 3.8) is 0 Å². The van der Waals surface area contributed by atoms with Gasteiger partial charge in [-0.3, -0.25) is 0 Å². The van der Waals surface area contributed by atoms with Gasteiger partial charge in [0.1, 0.15) is 5.72 Å². The van der Waals surface area contributed by atoms with Crippen molar-refractivity contribution in [3.8, 4) is 0 Å². The van der Waals surface area contributed by atoms with Crippen LogP contribution in [0.4, 0.5) is 0 Å². The van der Waals surface area contributed by atoms with E-state index in [2.05, 4.69) is 6.92 Å². The predicted molar refractivity (Wildman–Crippen MR) is 37.0 cm³/mol. The summed E-state index contributed by atoms with van der Waals surface area (Å²) in [4.78, 5) is 0. The Bertz CT molecular complexity index is 86.9. The predicted octanol–water partition coefficient (Wildman–Crippen LogP) is 1.25. The average molecular weight is 129 g/mol. The van der Waals surface area contributed by atoms with Gasteiger partial charge in [-0.05, 0) is 19.3 Å². The summed E-state index contributed by atoms with van der Waals surface area (Å²) in [6.45, 7) is 2.99. The van der Waals surface area contributed by atoms with Crippen LogP contribution in [0, 0.1) is 0 Å². The second kappa shape index (κ2) is 2.67. The molecule has 0 saturated carbocycles. The third kappa shape index (κ3) is 1.66. The highest BCUT2D eigenvalue weighted by Gasteiger charge is 2.28. The first-order valence-electron chi connectivity index (χ1n) is 3.70. The van der Waals surface area contributed by atoms with Gasteiger partial charge in [0.05, 0.1) is 0 Å². The zero-order chi connectivity index (χ0) is 6.74. The maximum atomic E-state index is 5.85. The Morgan fingerprint density at radius 1 is 1.67 bits per heavy atom. The molecule has 2 N–H and O–H groups in total. The molecule has 9 heavy (non-hydrogen) atoms. The molecule has 1 aliphatic rings. The third-order valence-corrected chi connectivity index (χ3v) is 1.81. The zero-order valence-corrected chi connectivity index (χ0v) is 6.02. The van der Waals surface area contributed by atoms with Crippen LogP contribution in [0.5, 0.6) is 0 Å². The first-order valence-corrected chi connectivity index (χ1v) is 3.70. The Balaban J connectivity index is 2.32. The van der Waals surface area contributed by atoms with Gasteiger partial charge in [0, 0.05) is 6.61 Å². The fourth-order valence-corrected chi connectivity index (χ4v) is 1.34. The fourth-order valence-electron chi connectivity index (χ4n) is 1.34. The smallest absolute Gasteiger partial charge is 0.116 e. The van der Waals surface area contributed by atoms with E-state index in [1.165, 1.54) is 0 Å². The molecule has 0 bridgehead atoms. The highest BCUT2D eigenvalue weighted by molar-refractivity contribution is 4.77. The molecule has 1 heterocycles. The topological polar surface area (TPSA) is 35.2 Å². The van der Waals surface area contributed by atoms with Crippen LogP contribution in [0.1, 0.15) is 32.6 Å². The van der Waals surface area contributed by atoms with Crippen molar-refractivity contribution in [2.45, 2.75) is 38.3 Å². The summed E-state index contributed by atoms with van der Waals surface area (Å²) in [5.74, 6) is 0. The Kier molecular flexibility index (Phi) is 2.09. The molecule has 0 amide bonds. The molecular weight excluding hydrogens is 114 g/mol. The Labute approximate surface area is 56.4 Å². The molecule has 1 aliphatic heterocycles. The van der Waals surface area contributed by atoms with Crippen molar-refractivity contribution in [2.75, 3.05) is 6.61 Å². The van der Waals surface area contributed by atoms with Gasteiger partial charge >= 0.3 is 0 Å². The standard InChI is InChI=1S/C7H15NO/c1-2-4-7(8)5-3-6-9-7/h2-6,8H2,1H3. The molecule has 54 valence electrons. The normalized spacial score (nSPS) is 35.3. The first kappa shape index (κ1) is 7.03. The van der Waals surface area contributed by atoms with E-state index in [1.807, 2.05) is 0 Å². The van der Waals surface area contributed by atoms with Gasteiger partial charge in [-0.25, -0.2) is 0 Å². The summed E-state index contributed by atoms with van der Waals surface area (Å²) in [6, 6.07) is 0. The van der Waals surface area contributed by atoms with E-state index in [9.17, 15) is 0 Å². The molecule has 1 fully saturated rings. The molecule has 0 radical (unpaired) electrons. The van der Waals surface area contributed by atoms with E-state index in [1.54, 1.807) is 0 Å². The molecule has 1 rings (SSSR count). The minimum Gasteiger partial charge on any atom is -0.361 e. The zero-order valence-electron chi connectivity index (χ0n) is 6.02. The lowest BCUT2D eigenvalue weighted by atomic mass is 10.1. The van der Waals surface area contributed by atoms with Crippen molar-refractivity contribution < 1.29 is 4.74 Å².